The molecule has 2 aromatic rings. The Balaban J connectivity index is 2.13. The molecule has 0 saturated carbocycles. The number of H-pyrrole nitrogens is 1. The number of nitrogens with zero attached hydrogens (tertiary/aromatic N) is 1. The summed E-state index contributed by atoms with van der Waals surface area (Å²) in [6.07, 6.45) is 5.69. The summed E-state index contributed by atoms with van der Waals surface area (Å²) in [5, 5.41) is 9.68. The van der Waals surface area contributed by atoms with Crippen LogP contribution in [-0.4, -0.2) is 27.9 Å². The minimum atomic E-state index is -0.541. The second-order valence-electron chi connectivity index (χ2n) is 5.92. The van der Waals surface area contributed by atoms with Crippen molar-refractivity contribution < 1.29 is 9.53 Å². The number of aromatic nitrogens is 2. The largest absolute Gasteiger partial charge is 0.444 e. The third-order valence-electron chi connectivity index (χ3n) is 2.76. The van der Waals surface area contributed by atoms with Gasteiger partial charge in [-0.1, -0.05) is 12.1 Å². The van der Waals surface area contributed by atoms with Gasteiger partial charge in [-0.15, -0.1) is 0 Å². The summed E-state index contributed by atoms with van der Waals surface area (Å²) in [5.74, 6) is 0.661. The van der Waals surface area contributed by atoms with Gasteiger partial charge in [0.15, 0.2) is 0 Å². The molecule has 0 radical (unpaired) electrons. The molecule has 6 heteroatoms. The van der Waals surface area contributed by atoms with Crippen molar-refractivity contribution in [2.45, 2.75) is 26.4 Å². The first-order valence-electron chi connectivity index (χ1n) is 7.20. The van der Waals surface area contributed by atoms with Crippen LogP contribution in [0.3, 0.4) is 0 Å². The fourth-order valence-electron chi connectivity index (χ4n) is 1.89. The van der Waals surface area contributed by atoms with Crippen LogP contribution in [0.25, 0.3) is 17.3 Å². The van der Waals surface area contributed by atoms with Gasteiger partial charge in [0.25, 0.3) is 0 Å². The average Bonchev–Trinajstić information content (AvgIpc) is 2.92. The Hall–Kier alpha value is -2.89. The number of benzene rings is 1. The van der Waals surface area contributed by atoms with E-state index in [1.807, 2.05) is 39.0 Å². The lowest BCUT2D eigenvalue weighted by Crippen LogP contribution is -2.27. The van der Waals surface area contributed by atoms with Gasteiger partial charge in [0.1, 0.15) is 11.4 Å². The number of rotatable bonds is 4. The third-order valence-corrected chi connectivity index (χ3v) is 2.76. The highest BCUT2D eigenvalue weighted by molar-refractivity contribution is 5.86. The summed E-state index contributed by atoms with van der Waals surface area (Å²) in [5.41, 5.74) is 1.81. The Kier molecular flexibility index (Phi) is 4.95. The summed E-state index contributed by atoms with van der Waals surface area (Å²) in [4.78, 5) is 19.2. The Morgan fingerprint density at radius 3 is 2.87 bits per heavy atom. The van der Waals surface area contributed by atoms with Gasteiger partial charge in [-0.3, -0.25) is 5.32 Å². The first-order valence-corrected chi connectivity index (χ1v) is 7.20. The normalized spacial score (nSPS) is 11.4. The molecule has 1 aromatic heterocycles. The van der Waals surface area contributed by atoms with E-state index < -0.39 is 11.7 Å². The van der Waals surface area contributed by atoms with Crippen molar-refractivity contribution in [3.63, 3.8) is 0 Å². The zero-order chi connectivity index (χ0) is 16.9. The molecule has 0 unspecified atom stereocenters. The number of amides is 1. The molecule has 0 bridgehead atoms. The fraction of sp³-hybridized carbons (Fsp3) is 0.235. The molecule has 23 heavy (non-hydrogen) atoms. The molecule has 6 nitrogen and oxygen atoms in total. The van der Waals surface area contributed by atoms with Gasteiger partial charge in [-0.2, -0.15) is 0 Å². The Labute approximate surface area is 135 Å². The third kappa shape index (κ3) is 5.10. The highest BCUT2D eigenvalue weighted by Crippen LogP contribution is 2.22. The number of nitrogens with one attached hydrogen (secondary N) is 3. The topological polar surface area (TPSA) is 90.9 Å². The molecule has 0 spiro atoms. The van der Waals surface area contributed by atoms with Gasteiger partial charge in [0.05, 0.1) is 11.9 Å². The second kappa shape index (κ2) is 6.91. The van der Waals surface area contributed by atoms with Crippen LogP contribution in [0.5, 0.6) is 0 Å². The van der Waals surface area contributed by atoms with Gasteiger partial charge < -0.3 is 15.1 Å². The summed E-state index contributed by atoms with van der Waals surface area (Å²) >= 11 is 0. The van der Waals surface area contributed by atoms with E-state index in [0.29, 0.717) is 11.5 Å². The molecule has 3 N–H and O–H groups in total. The summed E-state index contributed by atoms with van der Waals surface area (Å²) in [6, 6.07) is 7.38. The molecular weight excluding hydrogens is 292 g/mol. The standard InChI is InChI=1S/C17H20N4O2/c1-17(2,3)23-16(22)20-13-7-4-6-12(10-13)14-11-19-15(21-14)8-5-9-18/h4-11,18H,1-3H3,(H,19,21)(H,20,22)/b8-5-,18-9?. The molecule has 1 amide bonds. The van der Waals surface area contributed by atoms with Crippen LogP contribution < -0.4 is 5.32 Å². The van der Waals surface area contributed by atoms with E-state index in [-0.39, 0.29) is 0 Å². The number of carbonyl (C=O) groups is 1. The molecule has 1 aromatic carbocycles. The smallest absolute Gasteiger partial charge is 0.412 e. The van der Waals surface area contributed by atoms with Crippen molar-refractivity contribution in [2.24, 2.45) is 0 Å². The van der Waals surface area contributed by atoms with Crippen molar-refractivity contribution in [2.75, 3.05) is 5.32 Å². The second-order valence-corrected chi connectivity index (χ2v) is 5.92. The van der Waals surface area contributed by atoms with Crippen molar-refractivity contribution in [1.29, 1.82) is 5.41 Å². The van der Waals surface area contributed by atoms with E-state index in [1.165, 1.54) is 6.21 Å². The van der Waals surface area contributed by atoms with E-state index in [4.69, 9.17) is 10.1 Å². The molecule has 0 fully saturated rings. The number of hydrogen-bond acceptors (Lipinski definition) is 4. The summed E-state index contributed by atoms with van der Waals surface area (Å²) < 4.78 is 5.24. The van der Waals surface area contributed by atoms with E-state index in [1.54, 1.807) is 24.4 Å². The highest BCUT2D eigenvalue weighted by Gasteiger charge is 2.16. The minimum absolute atomic E-state index is 0.492. The fourth-order valence-corrected chi connectivity index (χ4v) is 1.89. The quantitative estimate of drug-likeness (QED) is 0.743. The predicted octanol–water partition coefficient (Wildman–Crippen LogP) is 4.09. The van der Waals surface area contributed by atoms with E-state index in [9.17, 15) is 4.79 Å². The lowest BCUT2D eigenvalue weighted by Gasteiger charge is -2.19. The van der Waals surface area contributed by atoms with Crippen LogP contribution in [0.4, 0.5) is 10.5 Å². The summed E-state index contributed by atoms with van der Waals surface area (Å²) in [6.45, 7) is 5.45. The van der Waals surface area contributed by atoms with Crippen LogP contribution in [0, 0.1) is 5.41 Å². The lowest BCUT2D eigenvalue weighted by molar-refractivity contribution is 0.0636. The highest BCUT2D eigenvalue weighted by atomic mass is 16.6. The zero-order valence-corrected chi connectivity index (χ0v) is 13.4. The van der Waals surface area contributed by atoms with E-state index in [0.717, 1.165) is 11.3 Å². The van der Waals surface area contributed by atoms with Gasteiger partial charge in [-0.05, 0) is 45.1 Å². The number of carbonyl (C=O) groups excluding carboxylic acids is 1. The molecular formula is C17H20N4O2. The Bertz CT molecular complexity index is 726. The maximum absolute atomic E-state index is 11.8. The lowest BCUT2D eigenvalue weighted by atomic mass is 10.1. The molecule has 120 valence electrons. The van der Waals surface area contributed by atoms with Gasteiger partial charge in [0, 0.05) is 17.5 Å². The van der Waals surface area contributed by atoms with Crippen LogP contribution in [0.1, 0.15) is 26.6 Å². The SMILES string of the molecule is CC(C)(C)OC(=O)Nc1cccc(-c2cnc(/C=C\C=N)[nH]2)c1. The van der Waals surface area contributed by atoms with Crippen molar-refractivity contribution in [1.82, 2.24) is 9.97 Å². The van der Waals surface area contributed by atoms with Crippen LogP contribution in [0.2, 0.25) is 0 Å². The molecule has 0 aliphatic carbocycles. The summed E-state index contributed by atoms with van der Waals surface area (Å²) in [7, 11) is 0. The Morgan fingerprint density at radius 2 is 2.17 bits per heavy atom. The van der Waals surface area contributed by atoms with Crippen LogP contribution >= 0.6 is 0 Å². The first kappa shape index (κ1) is 16.5. The van der Waals surface area contributed by atoms with Gasteiger partial charge in [-0.25, -0.2) is 9.78 Å². The number of imidazole rings is 1. The first-order chi connectivity index (χ1) is 10.9. The number of ether oxygens (including phenoxy) is 1. The Morgan fingerprint density at radius 1 is 1.39 bits per heavy atom. The molecule has 0 aliphatic rings. The van der Waals surface area contributed by atoms with Crippen molar-refractivity contribution >= 4 is 24.1 Å². The van der Waals surface area contributed by atoms with E-state index in [2.05, 4.69) is 15.3 Å². The van der Waals surface area contributed by atoms with Crippen molar-refractivity contribution in [3.05, 3.63) is 42.4 Å². The molecule has 2 rings (SSSR count). The van der Waals surface area contributed by atoms with Crippen LogP contribution in [0.15, 0.2) is 36.5 Å². The molecule has 0 aliphatic heterocycles. The molecule has 0 atom stereocenters. The maximum Gasteiger partial charge on any atom is 0.412 e. The zero-order valence-electron chi connectivity index (χ0n) is 13.4. The minimum Gasteiger partial charge on any atom is -0.444 e. The number of allylic oxidation sites excluding steroid dienone is 1. The number of anilines is 1. The number of aromatic amines is 1. The molecule has 1 heterocycles. The predicted molar refractivity (Wildman–Crippen MR) is 91.7 cm³/mol. The maximum atomic E-state index is 11.8. The monoisotopic (exact) mass is 312 g/mol. The van der Waals surface area contributed by atoms with Gasteiger partial charge in [0.2, 0.25) is 0 Å². The van der Waals surface area contributed by atoms with Crippen LogP contribution in [-0.2, 0) is 4.74 Å². The van der Waals surface area contributed by atoms with Gasteiger partial charge >= 0.3 is 6.09 Å². The average molecular weight is 312 g/mol. The molecule has 0 saturated heterocycles. The van der Waals surface area contributed by atoms with Crippen molar-refractivity contribution in [3.8, 4) is 11.3 Å². The number of hydrogen-bond donors (Lipinski definition) is 3. The van der Waals surface area contributed by atoms with E-state index >= 15 is 0 Å².